The molecule has 0 atom stereocenters. The van der Waals surface area contributed by atoms with Gasteiger partial charge in [-0.2, -0.15) is 0 Å². The molecule has 0 radical (unpaired) electrons. The Morgan fingerprint density at radius 3 is 1.65 bits per heavy atom. The molecule has 2 bridgehead atoms. The Hall–Kier alpha value is -1.82. The van der Waals surface area contributed by atoms with Crippen LogP contribution in [0.2, 0.25) is 0 Å². The van der Waals surface area contributed by atoms with Gasteiger partial charge in [0.05, 0.1) is 0 Å². The summed E-state index contributed by atoms with van der Waals surface area (Å²) in [6.07, 6.45) is 3.78. The quantitative estimate of drug-likeness (QED) is 0.417. The molecule has 2 aromatic carbocycles. The average Bonchev–Trinajstić information content (AvgIpc) is 3.25. The largest absolute Gasteiger partial charge is 0.0616 e. The summed E-state index contributed by atoms with van der Waals surface area (Å²) in [5.41, 5.74) is 13.1. The summed E-state index contributed by atoms with van der Waals surface area (Å²) in [7, 11) is 0. The van der Waals surface area contributed by atoms with Crippen LogP contribution in [-0.2, 0) is 12.8 Å². The van der Waals surface area contributed by atoms with Gasteiger partial charge in [0.15, 0.2) is 0 Å². The Morgan fingerprint density at radius 2 is 1.12 bits per heavy atom. The SMILES string of the molecule is c1ccc2c(c1)C1=c3c4c(c5c(c3=C2C1)C5)C4. The molecule has 0 heteroatoms. The molecule has 4 aliphatic rings. The summed E-state index contributed by atoms with van der Waals surface area (Å²) in [5.74, 6) is 0. The van der Waals surface area contributed by atoms with Crippen molar-refractivity contribution in [2.24, 2.45) is 0 Å². The van der Waals surface area contributed by atoms with Gasteiger partial charge < -0.3 is 0 Å². The van der Waals surface area contributed by atoms with Gasteiger partial charge in [0.1, 0.15) is 0 Å². The highest BCUT2D eigenvalue weighted by Gasteiger charge is 2.40. The molecule has 17 heavy (non-hydrogen) atoms. The molecule has 2 aromatic rings. The van der Waals surface area contributed by atoms with Crippen molar-refractivity contribution in [3.05, 3.63) is 68.1 Å². The second-order valence-corrected chi connectivity index (χ2v) is 5.70. The summed E-state index contributed by atoms with van der Waals surface area (Å²) < 4.78 is 0. The van der Waals surface area contributed by atoms with Crippen LogP contribution in [0.4, 0.5) is 0 Å². The van der Waals surface area contributed by atoms with Crippen molar-refractivity contribution < 1.29 is 0 Å². The zero-order valence-electron chi connectivity index (χ0n) is 9.43. The highest BCUT2D eigenvalue weighted by atomic mass is 14.4. The van der Waals surface area contributed by atoms with Crippen LogP contribution >= 0.6 is 0 Å². The summed E-state index contributed by atoms with van der Waals surface area (Å²) in [6.45, 7) is 0. The van der Waals surface area contributed by atoms with Crippen molar-refractivity contribution >= 4 is 11.1 Å². The fourth-order valence-corrected chi connectivity index (χ4v) is 4.11. The molecule has 0 aliphatic heterocycles. The molecule has 0 saturated heterocycles. The van der Waals surface area contributed by atoms with Gasteiger partial charge in [0.2, 0.25) is 0 Å². The van der Waals surface area contributed by atoms with Gasteiger partial charge in [-0.1, -0.05) is 24.3 Å². The molecule has 78 valence electrons. The van der Waals surface area contributed by atoms with E-state index in [0.29, 0.717) is 0 Å². The third-order valence-corrected chi connectivity index (χ3v) is 4.94. The second-order valence-electron chi connectivity index (χ2n) is 5.70. The standard InChI is InChI=1S/C17H10/c1-2-4-9-8(3-1)12-7-13(9)17-15-6-11(15)10-5-14(10)16(12)17/h1-4H,5-7H2. The van der Waals surface area contributed by atoms with Crippen LogP contribution in [0.3, 0.4) is 0 Å². The van der Waals surface area contributed by atoms with E-state index in [1.165, 1.54) is 30.4 Å². The zero-order valence-corrected chi connectivity index (χ0v) is 9.43. The molecule has 0 fully saturated rings. The lowest BCUT2D eigenvalue weighted by Gasteiger charge is -2.05. The fraction of sp³-hybridized carbons (Fsp3) is 0.176. The van der Waals surface area contributed by atoms with Gasteiger partial charge in [-0.3, -0.25) is 0 Å². The van der Waals surface area contributed by atoms with Gasteiger partial charge in [0, 0.05) is 0 Å². The first kappa shape index (κ1) is 7.50. The molecule has 0 heterocycles. The highest BCUT2D eigenvalue weighted by Crippen LogP contribution is 2.45. The molecule has 0 amide bonds. The Labute approximate surface area is 98.9 Å². The lowest BCUT2D eigenvalue weighted by Crippen LogP contribution is -2.28. The number of hydrogen-bond acceptors (Lipinski definition) is 0. The number of hydrogen-bond donors (Lipinski definition) is 0. The molecular weight excluding hydrogens is 204 g/mol. The first-order valence-corrected chi connectivity index (χ1v) is 6.45. The predicted octanol–water partition coefficient (Wildman–Crippen LogP) is 1.61. The van der Waals surface area contributed by atoms with Crippen molar-refractivity contribution in [3.8, 4) is 0 Å². The van der Waals surface area contributed by atoms with Gasteiger partial charge in [0.25, 0.3) is 0 Å². The second kappa shape index (κ2) is 1.99. The van der Waals surface area contributed by atoms with E-state index in [9.17, 15) is 0 Å². The van der Waals surface area contributed by atoms with Crippen LogP contribution in [0.15, 0.2) is 24.3 Å². The van der Waals surface area contributed by atoms with E-state index in [1.54, 1.807) is 43.8 Å². The van der Waals surface area contributed by atoms with Gasteiger partial charge in [-0.15, -0.1) is 0 Å². The molecule has 0 aromatic heterocycles. The first-order chi connectivity index (χ1) is 8.43. The lowest BCUT2D eigenvalue weighted by molar-refractivity contribution is 1.42. The van der Waals surface area contributed by atoms with Crippen LogP contribution < -0.4 is 10.4 Å². The molecule has 0 nitrogen and oxygen atoms in total. The van der Waals surface area contributed by atoms with Crippen LogP contribution in [0.25, 0.3) is 11.1 Å². The van der Waals surface area contributed by atoms with Crippen molar-refractivity contribution in [2.45, 2.75) is 19.3 Å². The van der Waals surface area contributed by atoms with Crippen LogP contribution in [0.1, 0.15) is 39.8 Å². The maximum Gasteiger partial charge on any atom is -0.0000896 e. The Kier molecular flexibility index (Phi) is 0.878. The van der Waals surface area contributed by atoms with E-state index in [4.69, 9.17) is 0 Å². The number of fused-ring (bicyclic) bond motifs is 11. The molecule has 6 rings (SSSR count). The topological polar surface area (TPSA) is 0 Å². The highest BCUT2D eigenvalue weighted by molar-refractivity contribution is 5.97. The third-order valence-electron chi connectivity index (χ3n) is 4.94. The normalized spacial score (nSPS) is 18.8. The molecular formula is C17H10. The molecule has 4 aliphatic carbocycles. The van der Waals surface area contributed by atoms with Gasteiger partial charge in [-0.05, 0) is 74.2 Å². The fourth-order valence-electron chi connectivity index (χ4n) is 4.11. The van der Waals surface area contributed by atoms with Crippen molar-refractivity contribution in [3.63, 3.8) is 0 Å². The van der Waals surface area contributed by atoms with Crippen molar-refractivity contribution in [2.75, 3.05) is 0 Å². The van der Waals surface area contributed by atoms with Gasteiger partial charge >= 0.3 is 0 Å². The van der Waals surface area contributed by atoms with Crippen molar-refractivity contribution in [1.82, 2.24) is 0 Å². The Bertz CT molecular complexity index is 821. The van der Waals surface area contributed by atoms with Gasteiger partial charge in [-0.25, -0.2) is 0 Å². The van der Waals surface area contributed by atoms with E-state index in [-0.39, 0.29) is 0 Å². The van der Waals surface area contributed by atoms with Crippen LogP contribution in [0, 0.1) is 0 Å². The molecule has 0 saturated carbocycles. The lowest BCUT2D eigenvalue weighted by atomic mass is 9.99. The van der Waals surface area contributed by atoms with E-state index in [1.807, 2.05) is 0 Å². The third kappa shape index (κ3) is 0.643. The first-order valence-electron chi connectivity index (χ1n) is 6.45. The van der Waals surface area contributed by atoms with E-state index < -0.39 is 0 Å². The van der Waals surface area contributed by atoms with Crippen LogP contribution in [0.5, 0.6) is 0 Å². The minimum atomic E-state index is 1.21. The van der Waals surface area contributed by atoms with Crippen molar-refractivity contribution in [1.29, 1.82) is 0 Å². The summed E-state index contributed by atoms with van der Waals surface area (Å²) in [5, 5.41) is 3.31. The number of rotatable bonds is 0. The van der Waals surface area contributed by atoms with E-state index in [0.717, 1.165) is 0 Å². The minimum Gasteiger partial charge on any atom is -0.0616 e. The Balaban J connectivity index is 1.98. The average molecular weight is 214 g/mol. The van der Waals surface area contributed by atoms with E-state index >= 15 is 0 Å². The minimum absolute atomic E-state index is 1.21. The molecule has 0 spiro atoms. The monoisotopic (exact) mass is 214 g/mol. The summed E-state index contributed by atoms with van der Waals surface area (Å²) in [6, 6.07) is 8.97. The van der Waals surface area contributed by atoms with Crippen LogP contribution in [-0.4, -0.2) is 0 Å². The molecule has 0 unspecified atom stereocenters. The maximum atomic E-state index is 2.31. The van der Waals surface area contributed by atoms with E-state index in [2.05, 4.69) is 24.3 Å². The maximum absolute atomic E-state index is 2.31. The predicted molar refractivity (Wildman–Crippen MR) is 67.4 cm³/mol. The smallest absolute Gasteiger partial charge is 0.0000896 e. The summed E-state index contributed by atoms with van der Waals surface area (Å²) in [4.78, 5) is 0. The zero-order chi connectivity index (χ0) is 10.7. The summed E-state index contributed by atoms with van der Waals surface area (Å²) >= 11 is 0. The Morgan fingerprint density at radius 1 is 0.588 bits per heavy atom. The number of benzene rings is 2. The molecule has 0 N–H and O–H groups in total.